The smallest absolute Gasteiger partial charge is 0.420 e. The van der Waals surface area contributed by atoms with Crippen LogP contribution in [0, 0.1) is 6.92 Å². The first-order valence-corrected chi connectivity index (χ1v) is 13.5. The zero-order chi connectivity index (χ0) is 30.2. The zero-order valence-corrected chi connectivity index (χ0v) is 23.6. The van der Waals surface area contributed by atoms with Crippen molar-refractivity contribution >= 4 is 23.0 Å². The molecule has 0 spiro atoms. The molecule has 5 N–H and O–H groups in total. The van der Waals surface area contributed by atoms with Gasteiger partial charge in [-0.2, -0.15) is 0 Å². The van der Waals surface area contributed by atoms with E-state index in [9.17, 15) is 19.5 Å². The predicted molar refractivity (Wildman–Crippen MR) is 151 cm³/mol. The summed E-state index contributed by atoms with van der Waals surface area (Å²) in [4.78, 5) is 36.0. The lowest BCUT2D eigenvalue weighted by molar-refractivity contribution is -0.150. The standard InChI is InChI=1S/C28H38N4O10/c1-20-3-5-24-22(15-20)32(28(36)42-24)17-21-4-6-25(23(33)16-21)41-18-26(34)30-8-10-39-19-27(35)40-14-13-38-12-11-37-9-2-7-31-29/h3-6,15-16,31,33H,2,7-14,17-19,29H2,1H3,(H,30,34). The van der Waals surface area contributed by atoms with Crippen molar-refractivity contribution in [3.05, 3.63) is 58.1 Å². The fourth-order valence-electron chi connectivity index (χ4n) is 3.75. The number of ether oxygens (including phenoxy) is 5. The molecular weight excluding hydrogens is 552 g/mol. The first kappa shape index (κ1) is 32.6. The van der Waals surface area contributed by atoms with Crippen LogP contribution < -0.4 is 27.1 Å². The number of nitrogens with two attached hydrogens (primary N) is 1. The number of hydrazine groups is 1. The van der Waals surface area contributed by atoms with Crippen LogP contribution in [0.5, 0.6) is 11.5 Å². The minimum Gasteiger partial charge on any atom is -0.504 e. The van der Waals surface area contributed by atoms with E-state index in [1.807, 2.05) is 19.1 Å². The molecule has 0 atom stereocenters. The predicted octanol–water partition coefficient (Wildman–Crippen LogP) is 0.598. The Morgan fingerprint density at radius 1 is 0.952 bits per heavy atom. The normalized spacial score (nSPS) is 11.1. The maximum atomic E-state index is 12.3. The van der Waals surface area contributed by atoms with Crippen LogP contribution in [0.2, 0.25) is 0 Å². The van der Waals surface area contributed by atoms with Crippen molar-refractivity contribution in [1.29, 1.82) is 0 Å². The van der Waals surface area contributed by atoms with Crippen molar-refractivity contribution in [3.63, 3.8) is 0 Å². The van der Waals surface area contributed by atoms with Gasteiger partial charge >= 0.3 is 11.7 Å². The molecule has 0 aliphatic heterocycles. The third-order valence-corrected chi connectivity index (χ3v) is 5.81. The lowest BCUT2D eigenvalue weighted by Gasteiger charge is -2.11. The van der Waals surface area contributed by atoms with E-state index in [-0.39, 0.29) is 57.6 Å². The Hall–Kier alpha value is -3.95. The Kier molecular flexibility index (Phi) is 13.8. The molecule has 230 valence electrons. The number of phenolic OH excluding ortho intramolecular Hbond substituents is 1. The number of nitrogens with one attached hydrogen (secondary N) is 2. The van der Waals surface area contributed by atoms with Gasteiger partial charge in [0.15, 0.2) is 23.7 Å². The van der Waals surface area contributed by atoms with Gasteiger partial charge in [-0.25, -0.2) is 9.59 Å². The number of rotatable bonds is 20. The number of hydrogen-bond donors (Lipinski definition) is 4. The van der Waals surface area contributed by atoms with Gasteiger partial charge in [0.1, 0.15) is 13.2 Å². The first-order chi connectivity index (χ1) is 20.4. The number of carbonyl (C=O) groups excluding carboxylic acids is 2. The molecule has 1 heterocycles. The minimum atomic E-state index is -0.543. The lowest BCUT2D eigenvalue weighted by Crippen LogP contribution is -2.32. The summed E-state index contributed by atoms with van der Waals surface area (Å²) in [6.07, 6.45) is 0.808. The summed E-state index contributed by atoms with van der Waals surface area (Å²) in [7, 11) is 0. The summed E-state index contributed by atoms with van der Waals surface area (Å²) in [5.74, 6) is 3.62. The summed E-state index contributed by atoms with van der Waals surface area (Å²) >= 11 is 0. The van der Waals surface area contributed by atoms with E-state index in [1.165, 1.54) is 16.7 Å². The van der Waals surface area contributed by atoms with E-state index < -0.39 is 17.6 Å². The van der Waals surface area contributed by atoms with Gasteiger partial charge in [0, 0.05) is 19.7 Å². The van der Waals surface area contributed by atoms with E-state index in [2.05, 4.69) is 10.7 Å². The number of hydrogen-bond acceptors (Lipinski definition) is 12. The number of aryl methyl sites for hydroxylation is 1. The summed E-state index contributed by atoms with van der Waals surface area (Å²) in [6, 6.07) is 10.1. The number of aromatic hydroxyl groups is 1. The second-order valence-corrected chi connectivity index (χ2v) is 9.17. The molecule has 3 aromatic rings. The fraction of sp³-hybridized carbons (Fsp3) is 0.464. The molecule has 0 saturated heterocycles. The highest BCUT2D eigenvalue weighted by atomic mass is 16.6. The number of benzene rings is 2. The largest absolute Gasteiger partial charge is 0.504 e. The Balaban J connectivity index is 1.25. The highest BCUT2D eigenvalue weighted by Crippen LogP contribution is 2.27. The van der Waals surface area contributed by atoms with Crippen LogP contribution in [0.3, 0.4) is 0 Å². The molecule has 2 aromatic carbocycles. The molecule has 3 rings (SSSR count). The Bertz CT molecular complexity index is 1340. The molecule has 14 nitrogen and oxygen atoms in total. The molecule has 42 heavy (non-hydrogen) atoms. The third kappa shape index (κ3) is 11.1. The molecule has 0 fully saturated rings. The van der Waals surface area contributed by atoms with Gasteiger partial charge < -0.3 is 38.5 Å². The molecule has 1 aromatic heterocycles. The fourth-order valence-corrected chi connectivity index (χ4v) is 3.75. The van der Waals surface area contributed by atoms with Crippen LogP contribution in [-0.2, 0) is 35.1 Å². The van der Waals surface area contributed by atoms with E-state index >= 15 is 0 Å². The Labute approximate surface area is 242 Å². The van der Waals surface area contributed by atoms with Gasteiger partial charge in [0.25, 0.3) is 5.91 Å². The maximum Gasteiger partial charge on any atom is 0.420 e. The van der Waals surface area contributed by atoms with Crippen molar-refractivity contribution in [3.8, 4) is 11.5 Å². The van der Waals surface area contributed by atoms with Gasteiger partial charge in [-0.3, -0.25) is 20.6 Å². The van der Waals surface area contributed by atoms with Crippen molar-refractivity contribution in [2.24, 2.45) is 5.84 Å². The monoisotopic (exact) mass is 590 g/mol. The summed E-state index contributed by atoms with van der Waals surface area (Å²) in [6.45, 7) is 4.20. The quantitative estimate of drug-likeness (QED) is 0.0622. The highest BCUT2D eigenvalue weighted by Gasteiger charge is 2.12. The molecule has 1 amide bonds. The van der Waals surface area contributed by atoms with Gasteiger partial charge in [0.2, 0.25) is 0 Å². The lowest BCUT2D eigenvalue weighted by atomic mass is 10.2. The number of nitrogens with zero attached hydrogens (tertiary/aromatic N) is 1. The number of esters is 1. The van der Waals surface area contributed by atoms with E-state index in [0.717, 1.165) is 12.0 Å². The van der Waals surface area contributed by atoms with Gasteiger partial charge in [-0.15, -0.1) is 0 Å². The Morgan fingerprint density at radius 2 is 1.74 bits per heavy atom. The number of phenols is 1. The van der Waals surface area contributed by atoms with Crippen molar-refractivity contribution in [2.45, 2.75) is 19.9 Å². The average Bonchev–Trinajstić information content (AvgIpc) is 3.27. The second-order valence-electron chi connectivity index (χ2n) is 9.17. The topological polar surface area (TPSA) is 186 Å². The van der Waals surface area contributed by atoms with Crippen LogP contribution in [-0.4, -0.2) is 87.5 Å². The number of oxazole rings is 1. The number of amides is 1. The number of carbonyl (C=O) groups is 2. The van der Waals surface area contributed by atoms with Crippen molar-refractivity contribution in [2.75, 3.05) is 65.9 Å². The molecule has 0 aliphatic rings. The van der Waals surface area contributed by atoms with Gasteiger partial charge in [-0.05, 0) is 48.7 Å². The van der Waals surface area contributed by atoms with Crippen LogP contribution in [0.25, 0.3) is 11.1 Å². The third-order valence-electron chi connectivity index (χ3n) is 5.81. The summed E-state index contributed by atoms with van der Waals surface area (Å²) in [5.41, 5.74) is 5.32. The molecular formula is C28H38N4O10. The van der Waals surface area contributed by atoms with Crippen molar-refractivity contribution in [1.82, 2.24) is 15.3 Å². The average molecular weight is 591 g/mol. The molecule has 0 unspecified atom stereocenters. The van der Waals surface area contributed by atoms with Gasteiger partial charge in [0.05, 0.1) is 38.5 Å². The second kappa shape index (κ2) is 17.8. The van der Waals surface area contributed by atoms with Crippen molar-refractivity contribution < 1.29 is 42.8 Å². The molecule has 14 heteroatoms. The number of aromatic nitrogens is 1. The first-order valence-electron chi connectivity index (χ1n) is 13.5. The van der Waals surface area contributed by atoms with E-state index in [0.29, 0.717) is 43.0 Å². The van der Waals surface area contributed by atoms with Crippen LogP contribution in [0.15, 0.2) is 45.6 Å². The van der Waals surface area contributed by atoms with Crippen LogP contribution in [0.1, 0.15) is 17.5 Å². The SMILES string of the molecule is Cc1ccc2oc(=O)n(Cc3ccc(OCC(=O)NCCOCC(=O)OCCOCCOCCCNN)c(O)c3)c2c1. The highest BCUT2D eigenvalue weighted by molar-refractivity contribution is 5.77. The summed E-state index contributed by atoms with van der Waals surface area (Å²) < 4.78 is 33.0. The summed E-state index contributed by atoms with van der Waals surface area (Å²) in [5, 5.41) is 12.9. The van der Waals surface area contributed by atoms with E-state index in [1.54, 1.807) is 12.1 Å². The Morgan fingerprint density at radius 3 is 2.52 bits per heavy atom. The van der Waals surface area contributed by atoms with Crippen LogP contribution >= 0.6 is 0 Å². The zero-order valence-electron chi connectivity index (χ0n) is 23.6. The minimum absolute atomic E-state index is 0.0931. The van der Waals surface area contributed by atoms with Crippen LogP contribution in [0.4, 0.5) is 0 Å². The van der Waals surface area contributed by atoms with Gasteiger partial charge in [-0.1, -0.05) is 12.1 Å². The molecule has 0 bridgehead atoms. The number of fused-ring (bicyclic) bond motifs is 1. The molecule has 0 radical (unpaired) electrons. The molecule has 0 aliphatic carbocycles. The molecule has 0 saturated carbocycles. The van der Waals surface area contributed by atoms with E-state index in [4.69, 9.17) is 33.9 Å². The maximum absolute atomic E-state index is 12.3.